The molecule has 3 N–H and O–H groups in total. The molecule has 0 bridgehead atoms. The minimum atomic E-state index is -4.47. The Morgan fingerprint density at radius 1 is 1.28 bits per heavy atom. The van der Waals surface area contributed by atoms with E-state index in [-0.39, 0.29) is 0 Å². The fraction of sp³-hybridized carbons (Fsp3) is 0.273. The van der Waals surface area contributed by atoms with Crippen molar-refractivity contribution in [2.75, 3.05) is 19.0 Å². The van der Waals surface area contributed by atoms with E-state index in [1.165, 1.54) is 12.8 Å². The number of nitrogens with zero attached hydrogens (tertiary/aromatic N) is 2. The monoisotopic (exact) mass is 445 g/mol. The molecule has 2 aromatic heterocycles. The molecule has 1 aromatic carbocycles. The molecule has 10 heteroatoms. The number of carbonyl (C=O) groups is 1. The van der Waals surface area contributed by atoms with Crippen LogP contribution in [0.5, 0.6) is 0 Å². The van der Waals surface area contributed by atoms with Crippen LogP contribution in [-0.4, -0.2) is 35.2 Å². The Morgan fingerprint density at radius 2 is 2.09 bits per heavy atom. The van der Waals surface area contributed by atoms with Crippen LogP contribution in [0.15, 0.2) is 54.9 Å². The molecule has 0 atom stereocenters. The van der Waals surface area contributed by atoms with E-state index in [4.69, 9.17) is 4.84 Å². The third-order valence-electron chi connectivity index (χ3n) is 4.93. The second kappa shape index (κ2) is 8.91. The number of hydroxylamine groups is 1. The van der Waals surface area contributed by atoms with Gasteiger partial charge in [-0.2, -0.15) is 13.2 Å². The Balaban J connectivity index is 1.55. The van der Waals surface area contributed by atoms with Crippen LogP contribution in [0.25, 0.3) is 22.6 Å². The number of pyridine rings is 1. The maximum Gasteiger partial charge on any atom is 0.405 e. The number of urea groups is 1. The molecule has 1 aliphatic rings. The van der Waals surface area contributed by atoms with Gasteiger partial charge in [0.05, 0.1) is 24.7 Å². The van der Waals surface area contributed by atoms with Crippen molar-refractivity contribution >= 4 is 23.1 Å². The number of aromatic nitrogens is 2. The van der Waals surface area contributed by atoms with Crippen molar-refractivity contribution in [1.82, 2.24) is 20.2 Å². The highest BCUT2D eigenvalue weighted by atomic mass is 19.4. The Kier molecular flexibility index (Phi) is 6.04. The molecule has 0 spiro atoms. The first-order chi connectivity index (χ1) is 15.3. The molecular formula is C22H22F3N5O2. The van der Waals surface area contributed by atoms with E-state index >= 15 is 0 Å². The van der Waals surface area contributed by atoms with Gasteiger partial charge in [0, 0.05) is 23.0 Å². The Hall–Kier alpha value is -3.53. The number of alkyl halides is 3. The highest BCUT2D eigenvalue weighted by molar-refractivity contribution is 5.90. The average Bonchev–Trinajstić information content (AvgIpc) is 3.47. The van der Waals surface area contributed by atoms with Gasteiger partial charge in [0.25, 0.3) is 0 Å². The lowest BCUT2D eigenvalue weighted by molar-refractivity contribution is -0.122. The summed E-state index contributed by atoms with van der Waals surface area (Å²) in [6, 6.07) is 9.78. The van der Waals surface area contributed by atoms with E-state index in [1.54, 1.807) is 36.8 Å². The molecule has 32 heavy (non-hydrogen) atoms. The molecule has 3 aromatic rings. The standard InChI is InChI=1S/C22H22F3N5O2/c1-32-29-18(9-14-5-6-14)15-7-8-30-19(12-26-20(30)11-15)16-3-2-4-17(10-16)28-21(31)27-13-22(23,24)25/h2-4,7-12,14,29H,5-6,13H2,1H3,(H2,27,28,31). The van der Waals surface area contributed by atoms with Crippen LogP contribution < -0.4 is 16.1 Å². The summed E-state index contributed by atoms with van der Waals surface area (Å²) >= 11 is 0. The van der Waals surface area contributed by atoms with Crippen LogP contribution in [0.3, 0.4) is 0 Å². The van der Waals surface area contributed by atoms with Crippen molar-refractivity contribution in [3.8, 4) is 11.3 Å². The number of halogens is 3. The average molecular weight is 445 g/mol. The summed E-state index contributed by atoms with van der Waals surface area (Å²) < 4.78 is 38.7. The third-order valence-corrected chi connectivity index (χ3v) is 4.93. The summed E-state index contributed by atoms with van der Waals surface area (Å²) in [5.41, 5.74) is 7.38. The predicted octanol–water partition coefficient (Wildman–Crippen LogP) is 4.59. The number of benzene rings is 1. The van der Waals surface area contributed by atoms with Crippen molar-refractivity contribution in [3.05, 3.63) is 60.4 Å². The number of hydrogen-bond donors (Lipinski definition) is 3. The molecule has 7 nitrogen and oxygen atoms in total. The van der Waals surface area contributed by atoms with Crippen LogP contribution in [0.1, 0.15) is 18.4 Å². The molecule has 0 unspecified atom stereocenters. The summed E-state index contributed by atoms with van der Waals surface area (Å²) in [6.07, 6.45) is 3.61. The number of anilines is 1. The number of fused-ring (bicyclic) bond motifs is 1. The fourth-order valence-electron chi connectivity index (χ4n) is 3.27. The lowest BCUT2D eigenvalue weighted by Gasteiger charge is -2.11. The minimum Gasteiger partial charge on any atom is -0.329 e. The highest BCUT2D eigenvalue weighted by Gasteiger charge is 2.27. The van der Waals surface area contributed by atoms with Gasteiger partial charge in [0.15, 0.2) is 0 Å². The molecular weight excluding hydrogens is 423 g/mol. The van der Waals surface area contributed by atoms with Crippen LogP contribution in [0, 0.1) is 5.92 Å². The van der Waals surface area contributed by atoms with Gasteiger partial charge in [-0.25, -0.2) is 9.78 Å². The lowest BCUT2D eigenvalue weighted by Crippen LogP contribution is -2.36. The van der Waals surface area contributed by atoms with E-state index in [0.717, 1.165) is 28.2 Å². The third kappa shape index (κ3) is 5.38. The highest BCUT2D eigenvalue weighted by Crippen LogP contribution is 2.33. The maximum absolute atomic E-state index is 12.3. The number of imidazole rings is 1. The van der Waals surface area contributed by atoms with Gasteiger partial charge in [0.1, 0.15) is 12.2 Å². The summed E-state index contributed by atoms with van der Waals surface area (Å²) in [6.45, 7) is -1.40. The number of rotatable bonds is 7. The fourth-order valence-corrected chi connectivity index (χ4v) is 3.27. The summed E-state index contributed by atoms with van der Waals surface area (Å²) in [4.78, 5) is 21.3. The predicted molar refractivity (Wildman–Crippen MR) is 115 cm³/mol. The minimum absolute atomic E-state index is 0.368. The zero-order valence-electron chi connectivity index (χ0n) is 17.2. The van der Waals surface area contributed by atoms with Crippen molar-refractivity contribution in [1.29, 1.82) is 0 Å². The van der Waals surface area contributed by atoms with Crippen LogP contribution in [0.2, 0.25) is 0 Å². The summed E-state index contributed by atoms with van der Waals surface area (Å²) in [7, 11) is 1.57. The van der Waals surface area contributed by atoms with Crippen LogP contribution in [0.4, 0.5) is 23.7 Å². The lowest BCUT2D eigenvalue weighted by atomic mass is 10.1. The first kappa shape index (κ1) is 21.7. The topological polar surface area (TPSA) is 79.7 Å². The molecule has 2 amide bonds. The Bertz CT molecular complexity index is 1150. The Labute approximate surface area is 182 Å². The van der Waals surface area contributed by atoms with E-state index in [2.05, 4.69) is 21.9 Å². The second-order valence-corrected chi connectivity index (χ2v) is 7.51. The van der Waals surface area contributed by atoms with Crippen molar-refractivity contribution in [3.63, 3.8) is 0 Å². The van der Waals surface area contributed by atoms with Gasteiger partial charge in [-0.05, 0) is 43.0 Å². The van der Waals surface area contributed by atoms with Gasteiger partial charge >= 0.3 is 12.2 Å². The molecule has 1 saturated carbocycles. The SMILES string of the molecule is CONC(=CC1CC1)c1ccn2c(-c3cccc(NC(=O)NCC(F)(F)F)c3)cnc2c1. The second-order valence-electron chi connectivity index (χ2n) is 7.51. The van der Waals surface area contributed by atoms with E-state index in [1.807, 2.05) is 28.8 Å². The smallest absolute Gasteiger partial charge is 0.329 e. The van der Waals surface area contributed by atoms with Gasteiger partial charge in [-0.15, -0.1) is 0 Å². The van der Waals surface area contributed by atoms with E-state index in [0.29, 0.717) is 11.6 Å². The molecule has 4 rings (SSSR count). The summed E-state index contributed by atoms with van der Waals surface area (Å²) in [5, 5.41) is 4.20. The zero-order valence-corrected chi connectivity index (χ0v) is 17.2. The molecule has 0 aliphatic heterocycles. The number of allylic oxidation sites excluding steroid dienone is 1. The number of hydrogen-bond acceptors (Lipinski definition) is 4. The van der Waals surface area contributed by atoms with E-state index in [9.17, 15) is 18.0 Å². The zero-order chi connectivity index (χ0) is 22.7. The van der Waals surface area contributed by atoms with Crippen LogP contribution in [-0.2, 0) is 4.84 Å². The Morgan fingerprint density at radius 3 is 2.81 bits per heavy atom. The molecule has 0 saturated heterocycles. The van der Waals surface area contributed by atoms with Gasteiger partial charge < -0.3 is 10.6 Å². The molecule has 168 valence electrons. The van der Waals surface area contributed by atoms with Crippen molar-refractivity contribution in [2.24, 2.45) is 5.92 Å². The maximum atomic E-state index is 12.3. The quantitative estimate of drug-likeness (QED) is 0.465. The molecule has 1 fully saturated rings. The number of carbonyl (C=O) groups excluding carboxylic acids is 1. The first-order valence-corrected chi connectivity index (χ1v) is 10.0. The van der Waals surface area contributed by atoms with Crippen molar-refractivity contribution in [2.45, 2.75) is 19.0 Å². The largest absolute Gasteiger partial charge is 0.405 e. The van der Waals surface area contributed by atoms with Crippen LogP contribution >= 0.6 is 0 Å². The van der Waals surface area contributed by atoms with Crippen molar-refractivity contribution < 1.29 is 22.8 Å². The van der Waals surface area contributed by atoms with E-state index < -0.39 is 18.8 Å². The number of amides is 2. The van der Waals surface area contributed by atoms with Gasteiger partial charge in [-0.3, -0.25) is 14.7 Å². The molecule has 2 heterocycles. The summed E-state index contributed by atoms with van der Waals surface area (Å²) in [5.74, 6) is 0.558. The normalized spacial score (nSPS) is 14.4. The van der Waals surface area contributed by atoms with Gasteiger partial charge in [-0.1, -0.05) is 18.2 Å². The molecule has 1 aliphatic carbocycles. The molecule has 0 radical (unpaired) electrons. The first-order valence-electron chi connectivity index (χ1n) is 10.0. The number of nitrogens with one attached hydrogen (secondary N) is 3. The van der Waals surface area contributed by atoms with Gasteiger partial charge in [0.2, 0.25) is 0 Å².